The van der Waals surface area contributed by atoms with Crippen molar-refractivity contribution >= 4 is 22.4 Å². The number of hydrogen-bond donors (Lipinski definition) is 0. The quantitative estimate of drug-likeness (QED) is 0.852. The Kier molecular flexibility index (Phi) is 4.39. The zero-order valence-corrected chi connectivity index (χ0v) is 12.9. The van der Waals surface area contributed by atoms with Gasteiger partial charge in [0.1, 0.15) is 5.01 Å². The highest BCUT2D eigenvalue weighted by atomic mass is 32.1. The molecule has 0 atom stereocenters. The first-order chi connectivity index (χ1) is 8.99. The maximum Gasteiger partial charge on any atom is 0.219 e. The summed E-state index contributed by atoms with van der Waals surface area (Å²) in [4.78, 5) is 15.5. The number of anilines is 1. The average Bonchev–Trinajstić information content (AvgIpc) is 2.87. The number of nitrogens with zero attached hydrogens (tertiary/aromatic N) is 4. The lowest BCUT2D eigenvalue weighted by molar-refractivity contribution is -0.129. The molecule has 106 valence electrons. The van der Waals surface area contributed by atoms with Crippen LogP contribution in [0.3, 0.4) is 0 Å². The molecular formula is C13H22N4OS. The van der Waals surface area contributed by atoms with E-state index in [-0.39, 0.29) is 5.91 Å². The SMILES string of the molecule is CC(=O)N(C)C1CCN(c2nnc(C(C)C)s2)CC1. The lowest BCUT2D eigenvalue weighted by atomic mass is 10.0. The van der Waals surface area contributed by atoms with Crippen molar-refractivity contribution in [2.24, 2.45) is 0 Å². The van der Waals surface area contributed by atoms with Crippen molar-refractivity contribution < 1.29 is 4.79 Å². The summed E-state index contributed by atoms with van der Waals surface area (Å²) in [7, 11) is 1.89. The highest BCUT2D eigenvalue weighted by Crippen LogP contribution is 2.28. The van der Waals surface area contributed by atoms with Gasteiger partial charge < -0.3 is 9.80 Å². The smallest absolute Gasteiger partial charge is 0.219 e. The van der Waals surface area contributed by atoms with Crippen LogP contribution in [0.15, 0.2) is 0 Å². The van der Waals surface area contributed by atoms with E-state index in [0.29, 0.717) is 12.0 Å². The lowest BCUT2D eigenvalue weighted by Gasteiger charge is -2.36. The fourth-order valence-corrected chi connectivity index (χ4v) is 3.19. The average molecular weight is 282 g/mol. The summed E-state index contributed by atoms with van der Waals surface area (Å²) >= 11 is 1.69. The van der Waals surface area contributed by atoms with E-state index in [0.717, 1.165) is 36.1 Å². The third-order valence-electron chi connectivity index (χ3n) is 3.70. The van der Waals surface area contributed by atoms with Crippen LogP contribution in [0.1, 0.15) is 44.5 Å². The number of hydrogen-bond acceptors (Lipinski definition) is 5. The highest BCUT2D eigenvalue weighted by molar-refractivity contribution is 7.15. The number of piperidine rings is 1. The molecule has 0 aliphatic carbocycles. The molecule has 0 unspecified atom stereocenters. The van der Waals surface area contributed by atoms with Crippen LogP contribution in [-0.2, 0) is 4.79 Å². The van der Waals surface area contributed by atoms with Gasteiger partial charge in [-0.05, 0) is 12.8 Å². The van der Waals surface area contributed by atoms with E-state index >= 15 is 0 Å². The van der Waals surface area contributed by atoms with Crippen molar-refractivity contribution in [2.75, 3.05) is 25.0 Å². The molecule has 1 aromatic heterocycles. The maximum atomic E-state index is 11.4. The van der Waals surface area contributed by atoms with E-state index in [1.54, 1.807) is 18.3 Å². The summed E-state index contributed by atoms with van der Waals surface area (Å²) in [6.45, 7) is 7.81. The molecule has 0 N–H and O–H groups in total. The molecule has 1 saturated heterocycles. The molecule has 1 aromatic rings. The van der Waals surface area contributed by atoms with Gasteiger partial charge in [-0.1, -0.05) is 25.2 Å². The molecule has 1 aliphatic rings. The van der Waals surface area contributed by atoms with Crippen LogP contribution in [0, 0.1) is 0 Å². The van der Waals surface area contributed by atoms with Crippen LogP contribution >= 0.6 is 11.3 Å². The van der Waals surface area contributed by atoms with Gasteiger partial charge >= 0.3 is 0 Å². The normalized spacial score (nSPS) is 17.0. The Hall–Kier alpha value is -1.17. The van der Waals surface area contributed by atoms with Gasteiger partial charge in [0.15, 0.2) is 0 Å². The summed E-state index contributed by atoms with van der Waals surface area (Å²) in [5, 5.41) is 10.6. The van der Waals surface area contributed by atoms with Crippen molar-refractivity contribution in [3.8, 4) is 0 Å². The molecule has 19 heavy (non-hydrogen) atoms. The fourth-order valence-electron chi connectivity index (χ4n) is 2.29. The minimum Gasteiger partial charge on any atom is -0.347 e. The van der Waals surface area contributed by atoms with E-state index in [1.165, 1.54) is 0 Å². The Labute approximate surface area is 118 Å². The van der Waals surface area contributed by atoms with Gasteiger partial charge in [-0.3, -0.25) is 4.79 Å². The van der Waals surface area contributed by atoms with Crippen molar-refractivity contribution in [2.45, 2.75) is 45.6 Å². The minimum atomic E-state index is 0.149. The first-order valence-corrected chi connectivity index (χ1v) is 7.62. The number of carbonyl (C=O) groups is 1. The predicted octanol–water partition coefficient (Wildman–Crippen LogP) is 2.11. The van der Waals surface area contributed by atoms with Gasteiger partial charge in [-0.25, -0.2) is 0 Å². The van der Waals surface area contributed by atoms with E-state index in [4.69, 9.17) is 0 Å². The highest BCUT2D eigenvalue weighted by Gasteiger charge is 2.25. The molecule has 0 aromatic carbocycles. The molecule has 1 amide bonds. The molecule has 5 nitrogen and oxygen atoms in total. The summed E-state index contributed by atoms with van der Waals surface area (Å²) in [6.07, 6.45) is 2.01. The number of aromatic nitrogens is 2. The third-order valence-corrected chi connectivity index (χ3v) is 4.99. The van der Waals surface area contributed by atoms with Crippen LogP contribution in [0.4, 0.5) is 5.13 Å². The van der Waals surface area contributed by atoms with Crippen LogP contribution < -0.4 is 4.90 Å². The second kappa shape index (κ2) is 5.86. The van der Waals surface area contributed by atoms with Crippen LogP contribution in [0.2, 0.25) is 0 Å². The molecule has 0 bridgehead atoms. The second-order valence-electron chi connectivity index (χ2n) is 5.43. The summed E-state index contributed by atoms with van der Waals surface area (Å²) < 4.78 is 0. The molecule has 0 radical (unpaired) electrons. The molecule has 2 heterocycles. The molecule has 2 rings (SSSR count). The zero-order valence-electron chi connectivity index (χ0n) is 12.1. The van der Waals surface area contributed by atoms with Crippen LogP contribution in [0.25, 0.3) is 0 Å². The Morgan fingerprint density at radius 3 is 2.47 bits per heavy atom. The van der Waals surface area contributed by atoms with Gasteiger partial charge in [0.05, 0.1) is 0 Å². The largest absolute Gasteiger partial charge is 0.347 e. The molecule has 1 fully saturated rings. The second-order valence-corrected chi connectivity index (χ2v) is 6.41. The molecule has 6 heteroatoms. The Morgan fingerprint density at radius 2 is 2.00 bits per heavy atom. The Bertz CT molecular complexity index is 438. The number of carbonyl (C=O) groups excluding carboxylic acids is 1. The third kappa shape index (κ3) is 3.23. The van der Waals surface area contributed by atoms with Crippen molar-refractivity contribution in [1.29, 1.82) is 0 Å². The van der Waals surface area contributed by atoms with E-state index in [9.17, 15) is 4.79 Å². The molecule has 0 saturated carbocycles. The van der Waals surface area contributed by atoms with Gasteiger partial charge in [-0.15, -0.1) is 10.2 Å². The van der Waals surface area contributed by atoms with E-state index in [2.05, 4.69) is 28.9 Å². The number of amides is 1. The molecular weight excluding hydrogens is 260 g/mol. The molecule has 0 spiro atoms. The zero-order chi connectivity index (χ0) is 14.0. The summed E-state index contributed by atoms with van der Waals surface area (Å²) in [5.41, 5.74) is 0. The first-order valence-electron chi connectivity index (χ1n) is 6.80. The number of rotatable bonds is 3. The minimum absolute atomic E-state index is 0.149. The lowest BCUT2D eigenvalue weighted by Crippen LogP contribution is -2.45. The van der Waals surface area contributed by atoms with Gasteiger partial charge in [0, 0.05) is 39.0 Å². The summed E-state index contributed by atoms with van der Waals surface area (Å²) in [5.74, 6) is 0.587. The van der Waals surface area contributed by atoms with Crippen LogP contribution in [-0.4, -0.2) is 47.2 Å². The fraction of sp³-hybridized carbons (Fsp3) is 0.769. The topological polar surface area (TPSA) is 49.3 Å². The maximum absolute atomic E-state index is 11.4. The van der Waals surface area contributed by atoms with Gasteiger partial charge in [0.25, 0.3) is 0 Å². The van der Waals surface area contributed by atoms with Crippen molar-refractivity contribution in [3.05, 3.63) is 5.01 Å². The first kappa shape index (κ1) is 14.2. The van der Waals surface area contributed by atoms with E-state index < -0.39 is 0 Å². The Balaban J connectivity index is 1.94. The van der Waals surface area contributed by atoms with Crippen molar-refractivity contribution in [3.63, 3.8) is 0 Å². The van der Waals surface area contributed by atoms with Gasteiger partial charge in [-0.2, -0.15) is 0 Å². The molecule has 1 aliphatic heterocycles. The van der Waals surface area contributed by atoms with Gasteiger partial charge in [0.2, 0.25) is 11.0 Å². The predicted molar refractivity (Wildman–Crippen MR) is 77.7 cm³/mol. The van der Waals surface area contributed by atoms with E-state index in [1.807, 2.05) is 11.9 Å². The Morgan fingerprint density at radius 1 is 1.37 bits per heavy atom. The summed E-state index contributed by atoms with van der Waals surface area (Å²) in [6, 6.07) is 0.367. The van der Waals surface area contributed by atoms with Crippen molar-refractivity contribution in [1.82, 2.24) is 15.1 Å². The van der Waals surface area contributed by atoms with Crippen LogP contribution in [0.5, 0.6) is 0 Å². The standard InChI is InChI=1S/C13H22N4OS/c1-9(2)12-14-15-13(19-12)17-7-5-11(6-8-17)16(4)10(3)18/h9,11H,5-8H2,1-4H3. The monoisotopic (exact) mass is 282 g/mol.